The Morgan fingerprint density at radius 1 is 1.38 bits per heavy atom. The number of carbonyl (C=O) groups excluding carboxylic acids is 1. The van der Waals surface area contributed by atoms with Crippen molar-refractivity contribution < 1.29 is 22.7 Å². The lowest BCUT2D eigenvalue weighted by Crippen LogP contribution is -2.40. The van der Waals surface area contributed by atoms with E-state index in [1.54, 1.807) is 26.2 Å². The molecule has 2 aromatic rings. The fraction of sp³-hybridized carbons (Fsp3) is 0.333. The second-order valence-corrected chi connectivity index (χ2v) is 6.18. The Kier molecular flexibility index (Phi) is 5.30. The van der Waals surface area contributed by atoms with Crippen LogP contribution in [0.1, 0.15) is 25.0 Å². The van der Waals surface area contributed by atoms with E-state index in [0.717, 1.165) is 23.8 Å². The maximum atomic E-state index is 12.9. The van der Waals surface area contributed by atoms with Crippen LogP contribution in [-0.4, -0.2) is 22.3 Å². The van der Waals surface area contributed by atoms with Crippen LogP contribution in [0.15, 0.2) is 30.6 Å². The lowest BCUT2D eigenvalue weighted by Gasteiger charge is -2.25. The summed E-state index contributed by atoms with van der Waals surface area (Å²) in [5.74, 6) is 1.56. The monoisotopic (exact) mass is 365 g/mol. The molecule has 0 bridgehead atoms. The number of aromatic nitrogens is 2. The lowest BCUT2D eigenvalue weighted by molar-refractivity contribution is -0.137. The van der Waals surface area contributed by atoms with Crippen LogP contribution in [0.5, 0.6) is 5.75 Å². The van der Waals surface area contributed by atoms with Crippen molar-refractivity contribution in [2.75, 3.05) is 11.9 Å². The second kappa shape index (κ2) is 7.12. The summed E-state index contributed by atoms with van der Waals surface area (Å²) in [5, 5.41) is 6.70. The van der Waals surface area contributed by atoms with E-state index in [4.69, 9.17) is 11.2 Å². The summed E-state index contributed by atoms with van der Waals surface area (Å²) in [7, 11) is 0. The van der Waals surface area contributed by atoms with Gasteiger partial charge in [0.1, 0.15) is 17.9 Å². The van der Waals surface area contributed by atoms with Crippen molar-refractivity contribution in [2.24, 2.45) is 0 Å². The standard InChI is InChI=1S/C18H18F3N3O2/c1-5-8-26-15-9-13(18(19,20)21)6-7-14(15)23-16(25)17(3,4)24-11-12(2)10-22-24/h1,6-7,9-11H,8H2,2-4H3,(H,23,25). The number of rotatable bonds is 5. The van der Waals surface area contributed by atoms with Gasteiger partial charge in [-0.15, -0.1) is 6.42 Å². The minimum atomic E-state index is -4.54. The number of nitrogens with zero attached hydrogens (tertiary/aromatic N) is 2. The number of anilines is 1. The van der Waals surface area contributed by atoms with E-state index in [-0.39, 0.29) is 18.0 Å². The Hall–Kier alpha value is -2.95. The van der Waals surface area contributed by atoms with Crippen LogP contribution in [-0.2, 0) is 16.5 Å². The first kappa shape index (κ1) is 19.4. The molecule has 0 atom stereocenters. The minimum absolute atomic E-state index is 0.0928. The molecule has 0 saturated carbocycles. The Labute approximate surface area is 149 Å². The summed E-state index contributed by atoms with van der Waals surface area (Å²) in [5.41, 5.74) is -1.00. The quantitative estimate of drug-likeness (QED) is 0.824. The number of benzene rings is 1. The predicted octanol–water partition coefficient (Wildman–Crippen LogP) is 3.60. The smallest absolute Gasteiger partial charge is 0.416 e. The SMILES string of the molecule is C#CCOc1cc(C(F)(F)F)ccc1NC(=O)C(C)(C)n1cc(C)cn1. The van der Waals surface area contributed by atoms with E-state index in [1.165, 1.54) is 4.68 Å². The minimum Gasteiger partial charge on any atom is -0.479 e. The van der Waals surface area contributed by atoms with Gasteiger partial charge < -0.3 is 10.1 Å². The third kappa shape index (κ3) is 4.17. The molecule has 8 heteroatoms. The summed E-state index contributed by atoms with van der Waals surface area (Å²) in [4.78, 5) is 12.7. The Morgan fingerprint density at radius 2 is 2.08 bits per heavy atom. The van der Waals surface area contributed by atoms with Gasteiger partial charge >= 0.3 is 6.18 Å². The fourth-order valence-corrected chi connectivity index (χ4v) is 2.14. The number of aryl methyl sites for hydroxylation is 1. The fourth-order valence-electron chi connectivity index (χ4n) is 2.14. The van der Waals surface area contributed by atoms with E-state index in [1.807, 2.05) is 6.92 Å². The molecule has 0 saturated heterocycles. The molecule has 26 heavy (non-hydrogen) atoms. The molecule has 0 aliphatic carbocycles. The summed E-state index contributed by atoms with van der Waals surface area (Å²) in [6.07, 6.45) is 3.87. The molecule has 1 N–H and O–H groups in total. The number of hydrogen-bond acceptors (Lipinski definition) is 3. The van der Waals surface area contributed by atoms with E-state index in [9.17, 15) is 18.0 Å². The molecule has 0 radical (unpaired) electrons. The number of alkyl halides is 3. The summed E-state index contributed by atoms with van der Waals surface area (Å²) >= 11 is 0. The number of ether oxygens (including phenoxy) is 1. The zero-order valence-electron chi connectivity index (χ0n) is 14.5. The van der Waals surface area contributed by atoms with Gasteiger partial charge in [0.05, 0.1) is 17.4 Å². The molecule has 1 amide bonds. The number of halogens is 3. The molecule has 0 unspecified atom stereocenters. The van der Waals surface area contributed by atoms with Crippen molar-refractivity contribution >= 4 is 11.6 Å². The largest absolute Gasteiger partial charge is 0.479 e. The average molecular weight is 365 g/mol. The molecule has 5 nitrogen and oxygen atoms in total. The van der Waals surface area contributed by atoms with Gasteiger partial charge in [-0.05, 0) is 44.5 Å². The van der Waals surface area contributed by atoms with Gasteiger partial charge in [0.15, 0.2) is 0 Å². The van der Waals surface area contributed by atoms with Crippen molar-refractivity contribution in [3.8, 4) is 18.1 Å². The normalized spacial score (nSPS) is 11.7. The van der Waals surface area contributed by atoms with E-state index in [0.29, 0.717) is 0 Å². The molecule has 1 aromatic carbocycles. The number of terminal acetylenes is 1. The molecular formula is C18H18F3N3O2. The molecule has 2 rings (SSSR count). The lowest BCUT2D eigenvalue weighted by atomic mass is 10.0. The van der Waals surface area contributed by atoms with Crippen LogP contribution in [0.25, 0.3) is 0 Å². The molecule has 0 fully saturated rings. The summed E-state index contributed by atoms with van der Waals surface area (Å²) in [6, 6.07) is 2.80. The van der Waals surface area contributed by atoms with Crippen molar-refractivity contribution in [2.45, 2.75) is 32.5 Å². The van der Waals surface area contributed by atoms with Gasteiger partial charge in [-0.3, -0.25) is 9.48 Å². The third-order valence-electron chi connectivity index (χ3n) is 3.71. The Balaban J connectivity index is 2.32. The maximum absolute atomic E-state index is 12.9. The molecule has 0 spiro atoms. The van der Waals surface area contributed by atoms with Crippen LogP contribution in [0, 0.1) is 19.3 Å². The van der Waals surface area contributed by atoms with Crippen LogP contribution in [0.4, 0.5) is 18.9 Å². The van der Waals surface area contributed by atoms with Crippen LogP contribution in [0.2, 0.25) is 0 Å². The zero-order chi connectivity index (χ0) is 19.5. The number of hydrogen-bond donors (Lipinski definition) is 1. The highest BCUT2D eigenvalue weighted by molar-refractivity contribution is 5.97. The van der Waals surface area contributed by atoms with Crippen molar-refractivity contribution in [1.82, 2.24) is 9.78 Å². The van der Waals surface area contributed by atoms with Gasteiger partial charge in [-0.25, -0.2) is 0 Å². The number of amides is 1. The molecular weight excluding hydrogens is 347 g/mol. The van der Waals surface area contributed by atoms with E-state index >= 15 is 0 Å². The Morgan fingerprint density at radius 3 is 2.62 bits per heavy atom. The maximum Gasteiger partial charge on any atom is 0.416 e. The topological polar surface area (TPSA) is 56.1 Å². The summed E-state index contributed by atoms with van der Waals surface area (Å²) < 4.78 is 45.4. The number of nitrogens with one attached hydrogen (secondary N) is 1. The Bertz CT molecular complexity index is 848. The number of carbonyl (C=O) groups is 1. The first-order valence-electron chi connectivity index (χ1n) is 7.66. The second-order valence-electron chi connectivity index (χ2n) is 6.18. The predicted molar refractivity (Wildman–Crippen MR) is 90.7 cm³/mol. The van der Waals surface area contributed by atoms with Crippen LogP contribution < -0.4 is 10.1 Å². The highest BCUT2D eigenvalue weighted by Gasteiger charge is 2.33. The highest BCUT2D eigenvalue weighted by atomic mass is 19.4. The van der Waals surface area contributed by atoms with Gasteiger partial charge in [0.2, 0.25) is 0 Å². The van der Waals surface area contributed by atoms with Crippen molar-refractivity contribution in [3.05, 3.63) is 41.7 Å². The van der Waals surface area contributed by atoms with E-state index < -0.39 is 23.2 Å². The van der Waals surface area contributed by atoms with Crippen molar-refractivity contribution in [3.63, 3.8) is 0 Å². The highest BCUT2D eigenvalue weighted by Crippen LogP contribution is 2.35. The molecule has 1 aromatic heterocycles. The molecule has 1 heterocycles. The summed E-state index contributed by atoms with van der Waals surface area (Å²) in [6.45, 7) is 4.88. The molecule has 0 aliphatic rings. The van der Waals surface area contributed by atoms with E-state index in [2.05, 4.69) is 16.3 Å². The van der Waals surface area contributed by atoms with Gasteiger partial charge in [0.25, 0.3) is 5.91 Å². The first-order valence-corrected chi connectivity index (χ1v) is 7.66. The van der Waals surface area contributed by atoms with Gasteiger partial charge in [-0.2, -0.15) is 18.3 Å². The van der Waals surface area contributed by atoms with Crippen LogP contribution >= 0.6 is 0 Å². The molecule has 138 valence electrons. The molecule has 0 aliphatic heterocycles. The van der Waals surface area contributed by atoms with Crippen molar-refractivity contribution in [1.29, 1.82) is 0 Å². The average Bonchev–Trinajstić information content (AvgIpc) is 3.00. The van der Waals surface area contributed by atoms with Gasteiger partial charge in [-0.1, -0.05) is 5.92 Å². The van der Waals surface area contributed by atoms with Gasteiger partial charge in [0, 0.05) is 6.20 Å². The van der Waals surface area contributed by atoms with Crippen LogP contribution in [0.3, 0.4) is 0 Å². The first-order chi connectivity index (χ1) is 12.1. The zero-order valence-corrected chi connectivity index (χ0v) is 14.5. The third-order valence-corrected chi connectivity index (χ3v) is 3.71.